The highest BCUT2D eigenvalue weighted by molar-refractivity contribution is 7.99. The summed E-state index contributed by atoms with van der Waals surface area (Å²) in [7, 11) is 0. The first kappa shape index (κ1) is 28.1. The molecule has 6 nitrogen and oxygen atoms in total. The van der Waals surface area contributed by atoms with Gasteiger partial charge in [-0.3, -0.25) is 0 Å². The van der Waals surface area contributed by atoms with Gasteiger partial charge in [-0.05, 0) is 35.4 Å². The van der Waals surface area contributed by atoms with Gasteiger partial charge in [0.05, 0.1) is 25.4 Å². The highest BCUT2D eigenvalue weighted by atomic mass is 32.2. The number of ether oxygens (including phenoxy) is 4. The Kier molecular flexibility index (Phi) is 10.0. The van der Waals surface area contributed by atoms with Crippen LogP contribution >= 0.6 is 11.8 Å². The third-order valence-electron chi connectivity index (χ3n) is 6.59. The third kappa shape index (κ3) is 7.38. The standard InChI is InChI=1S/C33H32O6S/c34-21-28-29(39-32(35)26-17-9-3-10-18-26)30(36-22-24-13-5-1-6-14-24)31(37-23-25-15-7-2-8-16-25)33(38-28)40-27-19-11-4-12-20-27/h1-20,28-31,33-34H,21-23H2/t28-,29-,30+,31+,33-/m1/s1. The molecule has 0 unspecified atom stereocenters. The number of benzene rings is 4. The Bertz CT molecular complexity index is 1310. The molecule has 5 rings (SSSR count). The lowest BCUT2D eigenvalue weighted by molar-refractivity contribution is -0.237. The van der Waals surface area contributed by atoms with E-state index in [0.717, 1.165) is 16.0 Å². The van der Waals surface area contributed by atoms with Gasteiger partial charge in [0.25, 0.3) is 0 Å². The second-order valence-electron chi connectivity index (χ2n) is 9.41. The van der Waals surface area contributed by atoms with Crippen LogP contribution in [0.25, 0.3) is 0 Å². The average molecular weight is 557 g/mol. The predicted octanol–water partition coefficient (Wildman–Crippen LogP) is 5.89. The van der Waals surface area contributed by atoms with Crippen LogP contribution in [0.3, 0.4) is 0 Å². The number of hydrogen-bond acceptors (Lipinski definition) is 7. The molecule has 0 amide bonds. The topological polar surface area (TPSA) is 74.2 Å². The zero-order chi connectivity index (χ0) is 27.6. The van der Waals surface area contributed by atoms with Crippen LogP contribution < -0.4 is 0 Å². The Morgan fingerprint density at radius 3 is 1.73 bits per heavy atom. The van der Waals surface area contributed by atoms with Crippen LogP contribution in [-0.2, 0) is 32.2 Å². The van der Waals surface area contributed by atoms with Crippen molar-refractivity contribution in [3.63, 3.8) is 0 Å². The van der Waals surface area contributed by atoms with E-state index in [4.69, 9.17) is 18.9 Å². The van der Waals surface area contributed by atoms with Gasteiger partial charge in [0, 0.05) is 4.90 Å². The summed E-state index contributed by atoms with van der Waals surface area (Å²) in [4.78, 5) is 14.2. The third-order valence-corrected chi connectivity index (χ3v) is 7.75. The van der Waals surface area contributed by atoms with Gasteiger partial charge < -0.3 is 24.1 Å². The van der Waals surface area contributed by atoms with E-state index in [2.05, 4.69) is 0 Å². The van der Waals surface area contributed by atoms with Gasteiger partial charge in [-0.1, -0.05) is 109 Å². The highest BCUT2D eigenvalue weighted by Gasteiger charge is 2.50. The number of aliphatic hydroxyl groups excluding tert-OH is 1. The van der Waals surface area contributed by atoms with Crippen LogP contribution in [0.15, 0.2) is 126 Å². The number of carbonyl (C=O) groups is 1. The Labute approximate surface area is 238 Å². The first-order chi connectivity index (χ1) is 19.7. The zero-order valence-corrected chi connectivity index (χ0v) is 22.8. The number of carbonyl (C=O) groups excluding carboxylic acids is 1. The molecule has 5 atom stereocenters. The summed E-state index contributed by atoms with van der Waals surface area (Å²) in [6.07, 6.45) is -3.06. The van der Waals surface area contributed by atoms with Gasteiger partial charge in [0.15, 0.2) is 6.10 Å². The molecule has 1 heterocycles. The van der Waals surface area contributed by atoms with Gasteiger partial charge in [-0.2, -0.15) is 0 Å². The van der Waals surface area contributed by atoms with E-state index in [-0.39, 0.29) is 13.2 Å². The maximum absolute atomic E-state index is 13.2. The van der Waals surface area contributed by atoms with E-state index < -0.39 is 35.8 Å². The van der Waals surface area contributed by atoms with E-state index in [0.29, 0.717) is 12.2 Å². The number of aliphatic hydroxyl groups is 1. The van der Waals surface area contributed by atoms with Crippen molar-refractivity contribution in [3.05, 3.63) is 138 Å². The Balaban J connectivity index is 1.47. The lowest BCUT2D eigenvalue weighted by atomic mass is 9.99. The first-order valence-corrected chi connectivity index (χ1v) is 14.1. The summed E-state index contributed by atoms with van der Waals surface area (Å²) in [6, 6.07) is 38.3. The van der Waals surface area contributed by atoms with Gasteiger partial charge in [-0.25, -0.2) is 4.79 Å². The molecule has 0 aromatic heterocycles. The summed E-state index contributed by atoms with van der Waals surface area (Å²) in [6.45, 7) is 0.237. The smallest absolute Gasteiger partial charge is 0.338 e. The van der Waals surface area contributed by atoms with Crippen molar-refractivity contribution < 1.29 is 28.8 Å². The molecular weight excluding hydrogens is 524 g/mol. The van der Waals surface area contributed by atoms with Crippen LogP contribution in [0, 0.1) is 0 Å². The predicted molar refractivity (Wildman–Crippen MR) is 154 cm³/mol. The van der Waals surface area contributed by atoms with Crippen LogP contribution in [0.4, 0.5) is 0 Å². The monoisotopic (exact) mass is 556 g/mol. The molecule has 7 heteroatoms. The van der Waals surface area contributed by atoms with Crippen molar-refractivity contribution >= 4 is 17.7 Å². The fraction of sp³-hybridized carbons (Fsp3) is 0.242. The van der Waals surface area contributed by atoms with Gasteiger partial charge in [-0.15, -0.1) is 0 Å². The molecule has 40 heavy (non-hydrogen) atoms. The summed E-state index contributed by atoms with van der Waals surface area (Å²) in [5.74, 6) is -0.517. The summed E-state index contributed by atoms with van der Waals surface area (Å²) >= 11 is 1.49. The van der Waals surface area contributed by atoms with Gasteiger partial charge in [0.2, 0.25) is 0 Å². The molecule has 1 fully saturated rings. The lowest BCUT2D eigenvalue weighted by Crippen LogP contribution is -2.60. The first-order valence-electron chi connectivity index (χ1n) is 13.3. The minimum absolute atomic E-state index is 0.275. The molecule has 4 aromatic rings. The Morgan fingerprint density at radius 2 is 1.18 bits per heavy atom. The minimum Gasteiger partial charge on any atom is -0.453 e. The molecule has 0 radical (unpaired) electrons. The van der Waals surface area contributed by atoms with Crippen molar-refractivity contribution in [2.75, 3.05) is 6.61 Å². The number of thioether (sulfide) groups is 1. The van der Waals surface area contributed by atoms with Crippen LogP contribution in [0.5, 0.6) is 0 Å². The van der Waals surface area contributed by atoms with Crippen molar-refractivity contribution in [3.8, 4) is 0 Å². The summed E-state index contributed by atoms with van der Waals surface area (Å²) < 4.78 is 25.5. The van der Waals surface area contributed by atoms with Crippen molar-refractivity contribution in [2.24, 2.45) is 0 Å². The number of hydrogen-bond donors (Lipinski definition) is 1. The molecule has 0 saturated carbocycles. The van der Waals surface area contributed by atoms with E-state index in [1.807, 2.05) is 97.1 Å². The van der Waals surface area contributed by atoms with E-state index >= 15 is 0 Å². The fourth-order valence-electron chi connectivity index (χ4n) is 4.56. The number of esters is 1. The summed E-state index contributed by atoms with van der Waals surface area (Å²) in [5.41, 5.74) is 1.84. The van der Waals surface area contributed by atoms with Gasteiger partial charge >= 0.3 is 5.97 Å². The molecule has 0 bridgehead atoms. The van der Waals surface area contributed by atoms with E-state index in [9.17, 15) is 9.90 Å². The van der Waals surface area contributed by atoms with E-state index in [1.54, 1.807) is 24.3 Å². The molecule has 1 saturated heterocycles. The number of rotatable bonds is 11. The SMILES string of the molecule is O=C(O[C@H]1[C@H](OCc2ccccc2)[C@H](OCc2ccccc2)[C@@H](Sc2ccccc2)O[C@@H]1CO)c1ccccc1. The molecule has 0 spiro atoms. The second kappa shape index (κ2) is 14.3. The fourth-order valence-corrected chi connectivity index (χ4v) is 5.71. The van der Waals surface area contributed by atoms with Crippen molar-refractivity contribution in [1.82, 2.24) is 0 Å². The molecule has 1 aliphatic heterocycles. The van der Waals surface area contributed by atoms with Crippen molar-refractivity contribution in [2.45, 2.75) is 48.0 Å². The second-order valence-corrected chi connectivity index (χ2v) is 10.6. The van der Waals surface area contributed by atoms with Crippen molar-refractivity contribution in [1.29, 1.82) is 0 Å². The molecule has 206 valence electrons. The minimum atomic E-state index is -0.908. The van der Waals surface area contributed by atoms with E-state index in [1.165, 1.54) is 11.8 Å². The molecule has 1 N–H and O–H groups in total. The summed E-state index contributed by atoms with van der Waals surface area (Å²) in [5, 5.41) is 10.4. The Hall–Kier alpha value is -3.46. The molecule has 1 aliphatic rings. The molecule has 0 aliphatic carbocycles. The zero-order valence-electron chi connectivity index (χ0n) is 22.0. The lowest BCUT2D eigenvalue weighted by Gasteiger charge is -2.45. The van der Waals surface area contributed by atoms with Gasteiger partial charge in [0.1, 0.15) is 23.7 Å². The normalized spacial score (nSPS) is 22.5. The largest absolute Gasteiger partial charge is 0.453 e. The maximum Gasteiger partial charge on any atom is 0.338 e. The maximum atomic E-state index is 13.2. The highest BCUT2D eigenvalue weighted by Crippen LogP contribution is 2.38. The van der Waals surface area contributed by atoms with Crippen LogP contribution in [-0.4, -0.2) is 47.5 Å². The molecular formula is C33H32O6S. The average Bonchev–Trinajstić information content (AvgIpc) is 3.02. The quantitative estimate of drug-likeness (QED) is 0.231. The molecule has 4 aromatic carbocycles. The van der Waals surface area contributed by atoms with Crippen LogP contribution in [0.1, 0.15) is 21.5 Å². The van der Waals surface area contributed by atoms with Crippen LogP contribution in [0.2, 0.25) is 0 Å². The Morgan fingerprint density at radius 1 is 0.675 bits per heavy atom.